The summed E-state index contributed by atoms with van der Waals surface area (Å²) in [6.07, 6.45) is -87.1. The van der Waals surface area contributed by atoms with Crippen molar-refractivity contribution < 1.29 is 228 Å². The van der Waals surface area contributed by atoms with Crippen molar-refractivity contribution in [3.05, 3.63) is 0 Å². The summed E-state index contributed by atoms with van der Waals surface area (Å²) in [4.78, 5) is 24.5. The average molecular weight is 1560 g/mol. The molecule has 0 aromatic carbocycles. The van der Waals surface area contributed by atoms with E-state index < -0.39 is 348 Å². The first kappa shape index (κ1) is 87.2. The number of hydrogen-bond donors (Lipinski definition) is 29. The molecule has 9 rings (SSSR count). The van der Waals surface area contributed by atoms with Crippen molar-refractivity contribution in [2.24, 2.45) is 0 Å². The Kier molecular flexibility index (Phi) is 31.1. The molecule has 48 heteroatoms. The van der Waals surface area contributed by atoms with Crippen molar-refractivity contribution in [1.82, 2.24) is 10.6 Å². The molecule has 29 N–H and O–H groups in total. The quantitative estimate of drug-likeness (QED) is 0.0363. The minimum atomic E-state index is -2.30. The largest absolute Gasteiger partial charge is 0.394 e. The number of aliphatic hydroxyl groups excluding tert-OH is 27. The molecule has 9 saturated heterocycles. The second kappa shape index (κ2) is 37.9. The van der Waals surface area contributed by atoms with Gasteiger partial charge in [0.25, 0.3) is 0 Å². The number of amides is 2. The summed E-state index contributed by atoms with van der Waals surface area (Å²) in [6.45, 7) is -7.16. The highest BCUT2D eigenvalue weighted by Crippen LogP contribution is 2.39. The molecule has 9 aliphatic heterocycles. The van der Waals surface area contributed by atoms with Gasteiger partial charge in [0.2, 0.25) is 11.8 Å². The second-order valence-electron chi connectivity index (χ2n) is 26.7. The topological polar surface area (TPSA) is 761 Å². The lowest BCUT2D eigenvalue weighted by Crippen LogP contribution is -2.70. The van der Waals surface area contributed by atoms with Crippen LogP contribution in [0.4, 0.5) is 0 Å². The normalized spacial score (nSPS) is 51.2. The Morgan fingerprint density at radius 1 is 0.245 bits per heavy atom. The van der Waals surface area contributed by atoms with Crippen LogP contribution in [-0.4, -0.2) is 485 Å². The fourth-order valence-electron chi connectivity index (χ4n) is 13.5. The number of hydrogen-bond acceptors (Lipinski definition) is 46. The molecule has 0 aliphatic carbocycles. The van der Waals surface area contributed by atoms with E-state index in [1.165, 1.54) is 0 Å². The van der Waals surface area contributed by atoms with E-state index in [9.17, 15) is 147 Å². The van der Waals surface area contributed by atoms with Crippen LogP contribution < -0.4 is 10.6 Å². The summed E-state index contributed by atoms with van der Waals surface area (Å²) in [7, 11) is 0. The van der Waals surface area contributed by atoms with Crippen molar-refractivity contribution in [3.63, 3.8) is 0 Å². The highest BCUT2D eigenvalue weighted by Gasteiger charge is 2.60. The smallest absolute Gasteiger partial charge is 0.217 e. The fraction of sp³-hybridized carbons (Fsp3) is 0.966. The van der Waals surface area contributed by atoms with Crippen LogP contribution in [0.15, 0.2) is 0 Å². The summed E-state index contributed by atoms with van der Waals surface area (Å²) in [5.41, 5.74) is 0. The van der Waals surface area contributed by atoms with Gasteiger partial charge in [-0.2, -0.15) is 0 Å². The van der Waals surface area contributed by atoms with Gasteiger partial charge in [-0.3, -0.25) is 9.59 Å². The summed E-state index contributed by atoms with van der Waals surface area (Å²) in [5.74, 6) is -1.58. The average Bonchev–Trinajstić information content (AvgIpc) is 0.780. The zero-order chi connectivity index (χ0) is 77.9. The maximum absolute atomic E-state index is 12.6. The van der Waals surface area contributed by atoms with Crippen molar-refractivity contribution >= 4 is 11.8 Å². The lowest BCUT2D eigenvalue weighted by Gasteiger charge is -2.50. The van der Waals surface area contributed by atoms with Gasteiger partial charge in [0.15, 0.2) is 56.6 Å². The molecular weight excluding hydrogens is 1460 g/mol. The van der Waals surface area contributed by atoms with E-state index in [0.29, 0.717) is 0 Å². The number of rotatable bonds is 27. The van der Waals surface area contributed by atoms with Crippen molar-refractivity contribution in [2.75, 3.05) is 59.5 Å². The molecule has 9 aliphatic rings. The van der Waals surface area contributed by atoms with Crippen LogP contribution in [0, 0.1) is 0 Å². The molecule has 0 aromatic heterocycles. The van der Waals surface area contributed by atoms with Crippen LogP contribution in [0.1, 0.15) is 13.8 Å². The molecule has 48 nitrogen and oxygen atoms in total. The van der Waals surface area contributed by atoms with Crippen molar-refractivity contribution in [2.45, 2.75) is 290 Å². The van der Waals surface area contributed by atoms with E-state index in [0.717, 1.165) is 13.8 Å². The number of carbonyl (C=O) groups is 2. The molecule has 45 atom stereocenters. The third-order valence-corrected chi connectivity index (χ3v) is 19.5. The molecule has 2 amide bonds. The summed E-state index contributed by atoms with van der Waals surface area (Å²) < 4.78 is 97.2. The lowest BCUT2D eigenvalue weighted by atomic mass is 9.94. The monoisotopic (exact) mass is 1560 g/mol. The highest BCUT2D eigenvalue weighted by molar-refractivity contribution is 5.73. The van der Waals surface area contributed by atoms with Crippen LogP contribution >= 0.6 is 0 Å². The molecule has 9 heterocycles. The molecule has 0 spiro atoms. The molecule has 0 aromatic rings. The Hall–Kier alpha value is -2.82. The minimum absolute atomic E-state index is 0.734. The Labute approximate surface area is 598 Å². The molecule has 106 heavy (non-hydrogen) atoms. The second-order valence-corrected chi connectivity index (χ2v) is 26.7. The summed E-state index contributed by atoms with van der Waals surface area (Å²) >= 11 is 0. The van der Waals surface area contributed by atoms with Crippen molar-refractivity contribution in [1.29, 1.82) is 0 Å². The highest BCUT2D eigenvalue weighted by atomic mass is 16.8. The maximum atomic E-state index is 12.6. The van der Waals surface area contributed by atoms with Gasteiger partial charge in [0, 0.05) is 13.8 Å². The number of nitrogens with one attached hydrogen (secondary N) is 2. The standard InChI is InChI=1S/C58H98N2O46/c1-12(68)59-23-32(77)44(19(8-66)92-50(23)89)101-51-24(60-13(2)69)33(78)45(20(9-67)98-51)102-56-43(88)47(31(76)18(7-65)95-56)104-55-41(86)35(80)28(73)21(99-55)10-90-52-42(87)46(30(75)17(6-64)93-52)103-54-40(85)36(81)29(74)22(100-54)11-91-57-48(37(82)26(71)15(4-62)96-57)106-58-49(38(83)27(72)16(5-63)97-58)105-53-39(84)34(79)25(70)14(3-61)94-53/h14-58,61-67,70-89H,3-11H2,1-2H3,(H,59,68)(H,60,69)/t14-,15-,16-,17-,18-,19-,20-,21-,22-,23-,24-,25-,26-,27-,28-,29-,30-,31-,32-,33-,34+,35+,36+,37+,38+,39+,40+,41+,42+,43+,44-,45-,46+,47+,48+,49+,50?,51+,52+,53-,54-,55-,56+,57+,58-/m1/s1. The Bertz CT molecular complexity index is 2720. The van der Waals surface area contributed by atoms with E-state index in [-0.39, 0.29) is 0 Å². The Balaban J connectivity index is 0.855. The molecular formula is C58H98N2O46. The van der Waals surface area contributed by atoms with Gasteiger partial charge in [-0.1, -0.05) is 0 Å². The molecule has 9 fully saturated rings. The fourth-order valence-corrected chi connectivity index (χ4v) is 13.5. The maximum Gasteiger partial charge on any atom is 0.217 e. The molecule has 0 radical (unpaired) electrons. The molecule has 616 valence electrons. The van der Waals surface area contributed by atoms with E-state index in [1.807, 2.05) is 0 Å². The van der Waals surface area contributed by atoms with Crippen LogP contribution in [0.25, 0.3) is 0 Å². The van der Waals surface area contributed by atoms with Gasteiger partial charge in [0.05, 0.1) is 59.5 Å². The first-order chi connectivity index (χ1) is 50.2. The third-order valence-electron chi connectivity index (χ3n) is 19.5. The van der Waals surface area contributed by atoms with Gasteiger partial charge in [-0.15, -0.1) is 0 Å². The Morgan fingerprint density at radius 3 is 0.953 bits per heavy atom. The van der Waals surface area contributed by atoms with E-state index in [1.54, 1.807) is 0 Å². The molecule has 0 bridgehead atoms. The zero-order valence-corrected chi connectivity index (χ0v) is 56.2. The zero-order valence-electron chi connectivity index (χ0n) is 56.2. The summed E-state index contributed by atoms with van der Waals surface area (Å²) in [6, 6.07) is -3.31. The Morgan fingerprint density at radius 2 is 0.519 bits per heavy atom. The minimum Gasteiger partial charge on any atom is -0.394 e. The van der Waals surface area contributed by atoms with E-state index in [4.69, 9.17) is 80.5 Å². The van der Waals surface area contributed by atoms with Gasteiger partial charge < -0.3 is 229 Å². The predicted molar refractivity (Wildman–Crippen MR) is 320 cm³/mol. The first-order valence-corrected chi connectivity index (χ1v) is 33.7. The van der Waals surface area contributed by atoms with Crippen molar-refractivity contribution in [3.8, 4) is 0 Å². The number of ether oxygens (including phenoxy) is 17. The SMILES string of the molecule is CC(=O)N[C@H]1[C@H](O[C@H]2[C@H](O)[C@@H](NC(C)=O)C(O)O[C@@H]2CO)O[C@H](CO)[C@@H](O[C@@H]2O[C@H](CO)[C@@H](O)[C@H](O[C@H]3O[C@H](CO[C@H]4O[C@H](CO)[C@@H](O)[C@H](O[C@H]5O[C@H](CO[C@H]6O[C@H](CO)[C@@H](O)[C@H](O)[C@@H]6O[C@H]6O[C@H](CO)[C@@H](O)[C@H](O)[C@@H]6O[C@H]6O[C@H](CO)[C@@H](O)[C@H](O)[C@@H]6O)[C@@H](O)[C@H](O)[C@@H]5O)[C@@H]4O)[C@@H](O)[C@H](O)[C@@H]3O)[C@@H]2O)[C@@H]1O. The lowest BCUT2D eigenvalue weighted by molar-refractivity contribution is -0.397. The van der Waals surface area contributed by atoms with Gasteiger partial charge in [0.1, 0.15) is 220 Å². The summed E-state index contributed by atoms with van der Waals surface area (Å²) in [5, 5.41) is 299. The van der Waals surface area contributed by atoms with Crippen LogP contribution in [0.3, 0.4) is 0 Å². The number of carbonyl (C=O) groups excluding carboxylic acids is 2. The van der Waals surface area contributed by atoms with Crippen LogP contribution in [0.5, 0.6) is 0 Å². The van der Waals surface area contributed by atoms with Crippen LogP contribution in [0.2, 0.25) is 0 Å². The van der Waals surface area contributed by atoms with E-state index in [2.05, 4.69) is 10.6 Å². The molecule has 1 unspecified atom stereocenters. The molecule has 0 saturated carbocycles. The predicted octanol–water partition coefficient (Wildman–Crippen LogP) is -20.3. The number of aliphatic hydroxyl groups is 27. The van der Waals surface area contributed by atoms with Crippen LogP contribution in [-0.2, 0) is 90.1 Å². The van der Waals surface area contributed by atoms with Gasteiger partial charge in [-0.05, 0) is 0 Å². The first-order valence-electron chi connectivity index (χ1n) is 33.7. The van der Waals surface area contributed by atoms with Gasteiger partial charge >= 0.3 is 0 Å². The van der Waals surface area contributed by atoms with E-state index >= 15 is 0 Å². The van der Waals surface area contributed by atoms with Gasteiger partial charge in [-0.25, -0.2) is 0 Å². The third kappa shape index (κ3) is 18.7.